The van der Waals surface area contributed by atoms with Gasteiger partial charge in [0.15, 0.2) is 25.3 Å². The molecule has 0 amide bonds. The Morgan fingerprint density at radius 2 is 1.96 bits per heavy atom. The molecule has 0 aliphatic heterocycles. The Labute approximate surface area is 164 Å². The monoisotopic (exact) mass is 416 g/mol. The summed E-state index contributed by atoms with van der Waals surface area (Å²) >= 11 is 5.11. The van der Waals surface area contributed by atoms with Gasteiger partial charge in [-0.2, -0.15) is 15.1 Å². The van der Waals surface area contributed by atoms with E-state index in [4.69, 9.17) is 12.2 Å². The third-order valence-electron chi connectivity index (χ3n) is 4.44. The summed E-state index contributed by atoms with van der Waals surface area (Å²) in [6.45, 7) is 0. The summed E-state index contributed by atoms with van der Waals surface area (Å²) in [6.07, 6.45) is 3.16. The van der Waals surface area contributed by atoms with E-state index in [-0.39, 0.29) is 16.7 Å². The molecule has 4 aromatic rings. The van der Waals surface area contributed by atoms with Crippen LogP contribution in [0.15, 0.2) is 23.2 Å². The largest absolute Gasteiger partial charge is 0.367 e. The van der Waals surface area contributed by atoms with Gasteiger partial charge >= 0.3 is 0 Å². The third kappa shape index (κ3) is 3.10. The maximum Gasteiger partial charge on any atom is 0.231 e. The van der Waals surface area contributed by atoms with Gasteiger partial charge in [-0.1, -0.05) is 0 Å². The number of aromatic amines is 3. The zero-order chi connectivity index (χ0) is 19.5. The molecule has 0 bridgehead atoms. The van der Waals surface area contributed by atoms with Gasteiger partial charge in [0, 0.05) is 18.0 Å². The van der Waals surface area contributed by atoms with Crippen molar-refractivity contribution in [2.24, 2.45) is 0 Å². The normalized spacial score (nSPS) is 14.6. The first-order chi connectivity index (χ1) is 13.4. The highest BCUT2D eigenvalue weighted by molar-refractivity contribution is 7.90. The first-order valence-electron chi connectivity index (χ1n) is 8.58. The molecule has 12 heteroatoms. The van der Waals surface area contributed by atoms with Crippen molar-refractivity contribution < 1.29 is 8.42 Å². The maximum absolute atomic E-state index is 12.1. The number of hydrogen-bond acceptors (Lipinski definition) is 8. The van der Waals surface area contributed by atoms with Crippen molar-refractivity contribution in [2.45, 2.75) is 23.9 Å². The van der Waals surface area contributed by atoms with Crippen molar-refractivity contribution in [3.8, 4) is 0 Å². The molecule has 28 heavy (non-hydrogen) atoms. The molecule has 144 valence electrons. The lowest BCUT2D eigenvalue weighted by Crippen LogP contribution is -2.08. The molecule has 10 nitrogen and oxygen atoms in total. The zero-order valence-corrected chi connectivity index (χ0v) is 16.3. The molecular weight excluding hydrogens is 400 g/mol. The van der Waals surface area contributed by atoms with E-state index in [0.29, 0.717) is 21.9 Å². The molecule has 1 aliphatic carbocycles. The predicted octanol–water partition coefficient (Wildman–Crippen LogP) is 2.61. The summed E-state index contributed by atoms with van der Waals surface area (Å²) in [5.41, 5.74) is 2.79. The molecule has 0 saturated heterocycles. The highest BCUT2D eigenvalue weighted by Gasteiger charge is 2.27. The minimum Gasteiger partial charge on any atom is -0.367 e. The van der Waals surface area contributed by atoms with Crippen molar-refractivity contribution in [3.63, 3.8) is 0 Å². The van der Waals surface area contributed by atoms with E-state index in [9.17, 15) is 8.42 Å². The molecular formula is C16H16N8O2S2. The van der Waals surface area contributed by atoms with Crippen LogP contribution in [0.3, 0.4) is 0 Å². The topological polar surface area (TPSA) is 144 Å². The third-order valence-corrected chi connectivity index (χ3v) is 5.68. The molecule has 1 aliphatic rings. The van der Waals surface area contributed by atoms with Crippen molar-refractivity contribution in [2.75, 3.05) is 16.9 Å². The molecule has 0 spiro atoms. The van der Waals surface area contributed by atoms with Crippen molar-refractivity contribution in [1.29, 1.82) is 0 Å². The van der Waals surface area contributed by atoms with Crippen molar-refractivity contribution in [3.05, 3.63) is 23.0 Å². The van der Waals surface area contributed by atoms with Crippen LogP contribution in [0.25, 0.3) is 22.1 Å². The van der Waals surface area contributed by atoms with Gasteiger partial charge in [-0.15, -0.1) is 0 Å². The lowest BCUT2D eigenvalue weighted by Gasteiger charge is -2.10. The van der Waals surface area contributed by atoms with Crippen LogP contribution >= 0.6 is 12.2 Å². The first-order valence-corrected chi connectivity index (χ1v) is 10.9. The number of H-pyrrole nitrogens is 3. The second-order valence-electron chi connectivity index (χ2n) is 6.80. The van der Waals surface area contributed by atoms with Crippen molar-refractivity contribution >= 4 is 61.6 Å². The average Bonchev–Trinajstić information content (AvgIpc) is 3.18. The van der Waals surface area contributed by atoms with E-state index in [1.807, 2.05) is 18.2 Å². The van der Waals surface area contributed by atoms with Gasteiger partial charge in [0.1, 0.15) is 11.2 Å². The molecule has 1 aromatic carbocycles. The number of hydrogen-bond donors (Lipinski definition) is 5. The number of anilines is 3. The van der Waals surface area contributed by atoms with Crippen LogP contribution in [0.2, 0.25) is 0 Å². The summed E-state index contributed by atoms with van der Waals surface area (Å²) in [5.74, 6) is 0.766. The molecule has 0 radical (unpaired) electrons. The number of aromatic nitrogens is 6. The highest BCUT2D eigenvalue weighted by atomic mass is 32.2. The Balaban J connectivity index is 1.59. The predicted molar refractivity (Wildman–Crippen MR) is 108 cm³/mol. The first kappa shape index (κ1) is 17.1. The number of rotatable bonds is 5. The minimum atomic E-state index is -3.49. The van der Waals surface area contributed by atoms with Crippen LogP contribution in [-0.4, -0.2) is 50.8 Å². The van der Waals surface area contributed by atoms with Gasteiger partial charge in [0.05, 0.1) is 11.0 Å². The standard InChI is InChI=1S/C16H16N8O2S2/c1-28(25,26)14-11-12(17-7-2-3-7)21-15(22-13(11)23-24-14)18-8-4-5-9-10(6-8)20-16(27)19-9/h4-7H,2-3H2,1H3,(H2,19,20,27)(H3,17,18,21,22,23,24). The van der Waals surface area contributed by atoms with Crippen LogP contribution in [-0.2, 0) is 9.84 Å². The second-order valence-corrected chi connectivity index (χ2v) is 9.16. The van der Waals surface area contributed by atoms with Crippen LogP contribution in [0, 0.1) is 4.77 Å². The van der Waals surface area contributed by atoms with Crippen LogP contribution in [0.5, 0.6) is 0 Å². The Bertz CT molecular complexity index is 1380. The van der Waals surface area contributed by atoms with E-state index in [1.54, 1.807) is 0 Å². The summed E-state index contributed by atoms with van der Waals surface area (Å²) in [4.78, 5) is 15.0. The summed E-state index contributed by atoms with van der Waals surface area (Å²) in [5, 5.41) is 13.5. The molecule has 3 heterocycles. The van der Waals surface area contributed by atoms with Gasteiger partial charge in [0.25, 0.3) is 0 Å². The quantitative estimate of drug-likeness (QED) is 0.312. The van der Waals surface area contributed by atoms with E-state index < -0.39 is 9.84 Å². The van der Waals surface area contributed by atoms with Crippen LogP contribution in [0.1, 0.15) is 12.8 Å². The van der Waals surface area contributed by atoms with Gasteiger partial charge in [0.2, 0.25) is 5.95 Å². The molecule has 5 rings (SSSR count). The van der Waals surface area contributed by atoms with E-state index >= 15 is 0 Å². The van der Waals surface area contributed by atoms with Crippen LogP contribution < -0.4 is 10.6 Å². The highest BCUT2D eigenvalue weighted by Crippen LogP contribution is 2.32. The van der Waals surface area contributed by atoms with Gasteiger partial charge in [-0.3, -0.25) is 5.10 Å². The second kappa shape index (κ2) is 6.01. The molecule has 0 unspecified atom stereocenters. The number of imidazole rings is 1. The Morgan fingerprint density at radius 3 is 2.71 bits per heavy atom. The lowest BCUT2D eigenvalue weighted by atomic mass is 10.3. The average molecular weight is 416 g/mol. The van der Waals surface area contributed by atoms with Gasteiger partial charge in [-0.25, -0.2) is 8.42 Å². The minimum absolute atomic E-state index is 0.0125. The summed E-state index contributed by atoms with van der Waals surface area (Å²) < 4.78 is 24.7. The van der Waals surface area contributed by atoms with E-state index in [1.165, 1.54) is 0 Å². The number of nitrogens with one attached hydrogen (secondary N) is 5. The van der Waals surface area contributed by atoms with Crippen LogP contribution in [0.4, 0.5) is 17.5 Å². The number of benzene rings is 1. The summed E-state index contributed by atoms with van der Waals surface area (Å²) in [7, 11) is -3.49. The fraction of sp³-hybridized carbons (Fsp3) is 0.250. The molecule has 3 aromatic heterocycles. The number of sulfone groups is 1. The van der Waals surface area contributed by atoms with E-state index in [2.05, 4.69) is 40.8 Å². The Morgan fingerprint density at radius 1 is 1.18 bits per heavy atom. The zero-order valence-electron chi connectivity index (χ0n) is 14.7. The fourth-order valence-corrected chi connectivity index (χ4v) is 3.98. The molecule has 5 N–H and O–H groups in total. The SMILES string of the molecule is CS(=O)(=O)c1[nH]nc2nc(Nc3ccc4[nH]c(=S)[nH]c4c3)nc(NC3CC3)c12. The lowest BCUT2D eigenvalue weighted by molar-refractivity contribution is 0.598. The van der Waals surface area contributed by atoms with Crippen molar-refractivity contribution in [1.82, 2.24) is 30.1 Å². The maximum atomic E-state index is 12.1. The summed E-state index contributed by atoms with van der Waals surface area (Å²) in [6, 6.07) is 5.93. The Hall–Kier alpha value is -2.99. The smallest absolute Gasteiger partial charge is 0.231 e. The molecule has 1 saturated carbocycles. The van der Waals surface area contributed by atoms with E-state index in [0.717, 1.165) is 35.8 Å². The Kier molecular flexibility index (Phi) is 3.67. The molecule has 0 atom stereocenters. The number of fused-ring (bicyclic) bond motifs is 2. The fourth-order valence-electron chi connectivity index (χ4n) is 2.99. The van der Waals surface area contributed by atoms with Gasteiger partial charge in [-0.05, 0) is 43.3 Å². The number of nitrogens with zero attached hydrogens (tertiary/aromatic N) is 3. The molecule has 1 fully saturated rings. The van der Waals surface area contributed by atoms with Gasteiger partial charge < -0.3 is 20.6 Å².